The van der Waals surface area contributed by atoms with Crippen LogP contribution in [-0.4, -0.2) is 4.89 Å². The SMILES string of the molecule is Cc1ccc(C(C)C)cc1OP(=O)(O)Oc1cc(C(C)C)ccc1C. The quantitative estimate of drug-likeness (QED) is 0.630. The van der Waals surface area contributed by atoms with Crippen molar-refractivity contribution in [1.82, 2.24) is 0 Å². The minimum absolute atomic E-state index is 0.298. The molecule has 0 aliphatic heterocycles. The van der Waals surface area contributed by atoms with Gasteiger partial charge in [-0.15, -0.1) is 0 Å². The molecule has 0 aliphatic rings. The van der Waals surface area contributed by atoms with E-state index in [9.17, 15) is 9.46 Å². The van der Waals surface area contributed by atoms with Crippen LogP contribution in [0.25, 0.3) is 0 Å². The van der Waals surface area contributed by atoms with Crippen LogP contribution in [0.15, 0.2) is 36.4 Å². The Morgan fingerprint density at radius 2 is 1.16 bits per heavy atom. The van der Waals surface area contributed by atoms with E-state index in [4.69, 9.17) is 9.05 Å². The third-order valence-electron chi connectivity index (χ3n) is 4.19. The normalized spacial score (nSPS) is 11.9. The lowest BCUT2D eigenvalue weighted by Gasteiger charge is -2.18. The molecule has 0 saturated heterocycles. The second-order valence-electron chi connectivity index (χ2n) is 7.01. The second kappa shape index (κ2) is 7.63. The number of phosphoric ester groups is 1. The smallest absolute Gasteiger partial charge is 0.395 e. The summed E-state index contributed by atoms with van der Waals surface area (Å²) in [6.45, 7) is 11.9. The Kier molecular flexibility index (Phi) is 5.97. The average Bonchev–Trinajstić information content (AvgIpc) is 2.50. The van der Waals surface area contributed by atoms with E-state index in [-0.39, 0.29) is 0 Å². The van der Waals surface area contributed by atoms with Gasteiger partial charge >= 0.3 is 7.82 Å². The van der Waals surface area contributed by atoms with Crippen LogP contribution in [-0.2, 0) is 4.57 Å². The first-order valence-corrected chi connectivity index (χ1v) is 10.0. The largest absolute Gasteiger partial charge is 0.584 e. The number of hydrogen-bond donors (Lipinski definition) is 1. The van der Waals surface area contributed by atoms with Gasteiger partial charge in [0, 0.05) is 0 Å². The van der Waals surface area contributed by atoms with E-state index in [1.807, 2.05) is 38.1 Å². The predicted octanol–water partition coefficient (Wildman–Crippen LogP) is 6.11. The fourth-order valence-corrected chi connectivity index (χ4v) is 3.34. The molecule has 25 heavy (non-hydrogen) atoms. The van der Waals surface area contributed by atoms with Crippen LogP contribution in [0, 0.1) is 13.8 Å². The van der Waals surface area contributed by atoms with Crippen molar-refractivity contribution in [2.75, 3.05) is 0 Å². The summed E-state index contributed by atoms with van der Waals surface area (Å²) in [4.78, 5) is 10.2. The number of hydrogen-bond acceptors (Lipinski definition) is 3. The van der Waals surface area contributed by atoms with Gasteiger partial charge in [-0.25, -0.2) is 4.57 Å². The van der Waals surface area contributed by atoms with Gasteiger partial charge in [-0.05, 0) is 60.1 Å². The maximum atomic E-state index is 12.5. The standard InChI is InChI=1S/C20H27O4P/c1-13(2)17-9-7-15(5)19(11-17)23-25(21,22)24-20-12-18(14(3)4)10-8-16(20)6/h7-14H,1-6H3,(H,21,22). The first-order chi connectivity index (χ1) is 11.6. The molecule has 0 amide bonds. The predicted molar refractivity (Wildman–Crippen MR) is 102 cm³/mol. The summed E-state index contributed by atoms with van der Waals surface area (Å²) in [6, 6.07) is 11.3. The second-order valence-corrected chi connectivity index (χ2v) is 8.31. The monoisotopic (exact) mass is 362 g/mol. The highest BCUT2D eigenvalue weighted by molar-refractivity contribution is 7.48. The topological polar surface area (TPSA) is 55.8 Å². The molecular weight excluding hydrogens is 335 g/mol. The van der Waals surface area contributed by atoms with E-state index in [1.54, 1.807) is 12.1 Å². The first kappa shape index (κ1) is 19.6. The summed E-state index contributed by atoms with van der Waals surface area (Å²) < 4.78 is 23.3. The summed E-state index contributed by atoms with van der Waals surface area (Å²) in [5.41, 5.74) is 3.65. The minimum atomic E-state index is -4.29. The molecule has 136 valence electrons. The summed E-state index contributed by atoms with van der Waals surface area (Å²) in [5, 5.41) is 0. The van der Waals surface area contributed by atoms with Crippen LogP contribution in [0.4, 0.5) is 0 Å². The Bertz CT molecular complexity index is 733. The molecule has 0 saturated carbocycles. The van der Waals surface area contributed by atoms with Gasteiger partial charge in [-0.1, -0.05) is 52.0 Å². The molecule has 5 heteroatoms. The molecule has 0 aromatic heterocycles. The zero-order chi connectivity index (χ0) is 18.8. The van der Waals surface area contributed by atoms with Crippen molar-refractivity contribution < 1.29 is 18.5 Å². The Morgan fingerprint density at radius 1 is 0.800 bits per heavy atom. The number of phosphoric acid groups is 1. The Hall–Kier alpha value is -1.77. The molecule has 0 radical (unpaired) electrons. The van der Waals surface area contributed by atoms with Gasteiger partial charge < -0.3 is 9.05 Å². The first-order valence-electron chi connectivity index (χ1n) is 8.52. The van der Waals surface area contributed by atoms with Crippen LogP contribution in [0.3, 0.4) is 0 Å². The summed E-state index contributed by atoms with van der Waals surface area (Å²) in [6.07, 6.45) is 0. The van der Waals surface area contributed by atoms with Crippen molar-refractivity contribution in [2.24, 2.45) is 0 Å². The molecule has 0 bridgehead atoms. The van der Waals surface area contributed by atoms with Gasteiger partial charge in [0.05, 0.1) is 0 Å². The molecule has 4 nitrogen and oxygen atoms in total. The third-order valence-corrected chi connectivity index (χ3v) is 5.04. The number of rotatable bonds is 6. The molecule has 0 aliphatic carbocycles. The number of benzene rings is 2. The van der Waals surface area contributed by atoms with E-state index >= 15 is 0 Å². The maximum Gasteiger partial charge on any atom is 0.584 e. The zero-order valence-corrected chi connectivity index (χ0v) is 16.6. The molecule has 0 fully saturated rings. The van der Waals surface area contributed by atoms with Crippen LogP contribution < -0.4 is 9.05 Å². The fourth-order valence-electron chi connectivity index (χ4n) is 2.42. The van der Waals surface area contributed by atoms with Gasteiger partial charge in [0.2, 0.25) is 0 Å². The molecule has 1 N–H and O–H groups in total. The third kappa shape index (κ3) is 5.10. The highest BCUT2D eigenvalue weighted by Gasteiger charge is 2.27. The molecule has 0 heterocycles. The Balaban J connectivity index is 2.27. The Morgan fingerprint density at radius 3 is 1.48 bits per heavy atom. The van der Waals surface area contributed by atoms with Gasteiger partial charge in [0.15, 0.2) is 0 Å². The lowest BCUT2D eigenvalue weighted by Crippen LogP contribution is -2.03. The van der Waals surface area contributed by atoms with E-state index in [0.717, 1.165) is 22.3 Å². The molecule has 2 aromatic rings. The van der Waals surface area contributed by atoms with Crippen molar-refractivity contribution in [3.8, 4) is 11.5 Å². The van der Waals surface area contributed by atoms with Crippen LogP contribution in [0.5, 0.6) is 11.5 Å². The fraction of sp³-hybridized carbons (Fsp3) is 0.400. The van der Waals surface area contributed by atoms with Gasteiger partial charge in [0.25, 0.3) is 0 Å². The van der Waals surface area contributed by atoms with Gasteiger partial charge in [-0.2, -0.15) is 0 Å². The zero-order valence-electron chi connectivity index (χ0n) is 15.7. The summed E-state index contributed by atoms with van der Waals surface area (Å²) in [5.74, 6) is 1.34. The molecular formula is C20H27O4P. The number of aryl methyl sites for hydroxylation is 2. The van der Waals surface area contributed by atoms with Crippen molar-refractivity contribution in [3.63, 3.8) is 0 Å². The highest BCUT2D eigenvalue weighted by Crippen LogP contribution is 2.46. The van der Waals surface area contributed by atoms with E-state index in [1.165, 1.54) is 0 Å². The van der Waals surface area contributed by atoms with E-state index in [2.05, 4.69) is 27.7 Å². The van der Waals surface area contributed by atoms with Crippen LogP contribution in [0.1, 0.15) is 61.8 Å². The van der Waals surface area contributed by atoms with Crippen LogP contribution in [0.2, 0.25) is 0 Å². The maximum absolute atomic E-state index is 12.5. The molecule has 0 unspecified atom stereocenters. The lowest BCUT2D eigenvalue weighted by atomic mass is 10.0. The van der Waals surface area contributed by atoms with Crippen LogP contribution >= 0.6 is 7.82 Å². The van der Waals surface area contributed by atoms with Gasteiger partial charge in [0.1, 0.15) is 11.5 Å². The van der Waals surface area contributed by atoms with Crippen molar-refractivity contribution >= 4 is 7.82 Å². The molecule has 2 aromatic carbocycles. The van der Waals surface area contributed by atoms with Crippen molar-refractivity contribution in [2.45, 2.75) is 53.4 Å². The van der Waals surface area contributed by atoms with E-state index in [0.29, 0.717) is 23.3 Å². The highest BCUT2D eigenvalue weighted by atomic mass is 31.2. The molecule has 0 spiro atoms. The molecule has 2 rings (SSSR count). The Labute approximate surface area is 150 Å². The van der Waals surface area contributed by atoms with Gasteiger partial charge in [-0.3, -0.25) is 4.89 Å². The average molecular weight is 362 g/mol. The summed E-state index contributed by atoms with van der Waals surface area (Å²) in [7, 11) is -4.29. The van der Waals surface area contributed by atoms with Crippen molar-refractivity contribution in [1.29, 1.82) is 0 Å². The summed E-state index contributed by atoms with van der Waals surface area (Å²) >= 11 is 0. The van der Waals surface area contributed by atoms with E-state index < -0.39 is 7.82 Å². The minimum Gasteiger partial charge on any atom is -0.395 e. The van der Waals surface area contributed by atoms with Crippen molar-refractivity contribution in [3.05, 3.63) is 58.7 Å². The lowest BCUT2D eigenvalue weighted by molar-refractivity contribution is 0.289. The molecule has 0 atom stereocenters.